The van der Waals surface area contributed by atoms with Gasteiger partial charge in [-0.15, -0.1) is 5.10 Å². The van der Waals surface area contributed by atoms with E-state index in [9.17, 15) is 9.59 Å². The number of ether oxygens (including phenoxy) is 1. The lowest BCUT2D eigenvalue weighted by Gasteiger charge is -2.27. The molecular weight excluding hydrogens is 294 g/mol. The number of rotatable bonds is 4. The minimum atomic E-state index is -0.791. The van der Waals surface area contributed by atoms with E-state index in [1.165, 1.54) is 4.68 Å². The Labute approximate surface area is 134 Å². The zero-order valence-corrected chi connectivity index (χ0v) is 13.3. The Balaban J connectivity index is 1.94. The summed E-state index contributed by atoms with van der Waals surface area (Å²) in [5.41, 5.74) is 1.27. The highest BCUT2D eigenvalue weighted by molar-refractivity contribution is 6.02. The molecule has 1 aliphatic rings. The van der Waals surface area contributed by atoms with Crippen molar-refractivity contribution in [3.63, 3.8) is 0 Å². The average molecular weight is 315 g/mol. The second-order valence-corrected chi connectivity index (χ2v) is 5.96. The maximum absolute atomic E-state index is 13.0. The van der Waals surface area contributed by atoms with E-state index >= 15 is 0 Å². The molecule has 0 amide bonds. The Morgan fingerprint density at radius 1 is 1.26 bits per heavy atom. The normalized spacial score (nSPS) is 17.1. The monoisotopic (exact) mass is 315 g/mol. The first-order valence-electron chi connectivity index (χ1n) is 8.23. The zero-order valence-electron chi connectivity index (χ0n) is 13.3. The number of benzene rings is 1. The second-order valence-electron chi connectivity index (χ2n) is 5.96. The van der Waals surface area contributed by atoms with E-state index in [2.05, 4.69) is 10.3 Å². The number of para-hydroxylation sites is 1. The maximum atomic E-state index is 13.0. The topological polar surface area (TPSA) is 74.1 Å². The fourth-order valence-electron chi connectivity index (χ4n) is 3.36. The lowest BCUT2D eigenvalue weighted by Crippen LogP contribution is -2.37. The Morgan fingerprint density at radius 3 is 2.74 bits per heavy atom. The maximum Gasteiger partial charge on any atom is 0.318 e. The van der Waals surface area contributed by atoms with Crippen molar-refractivity contribution in [1.29, 1.82) is 0 Å². The summed E-state index contributed by atoms with van der Waals surface area (Å²) >= 11 is 0. The molecule has 3 rings (SSSR count). The smallest absolute Gasteiger partial charge is 0.318 e. The Morgan fingerprint density at radius 2 is 2.00 bits per heavy atom. The van der Waals surface area contributed by atoms with Crippen LogP contribution in [0.2, 0.25) is 0 Å². The van der Waals surface area contributed by atoms with Crippen LogP contribution in [0.15, 0.2) is 24.3 Å². The van der Waals surface area contributed by atoms with E-state index in [1.54, 1.807) is 19.1 Å². The van der Waals surface area contributed by atoms with Crippen molar-refractivity contribution in [1.82, 2.24) is 15.0 Å². The van der Waals surface area contributed by atoms with Gasteiger partial charge in [0.05, 0.1) is 12.1 Å². The molecule has 0 N–H and O–H groups in total. The van der Waals surface area contributed by atoms with Crippen LogP contribution in [0.25, 0.3) is 11.0 Å². The van der Waals surface area contributed by atoms with Crippen LogP contribution in [0.1, 0.15) is 43.8 Å². The fraction of sp³-hybridized carbons (Fsp3) is 0.529. The molecule has 6 nitrogen and oxygen atoms in total. The van der Waals surface area contributed by atoms with Crippen molar-refractivity contribution in [2.75, 3.05) is 6.61 Å². The van der Waals surface area contributed by atoms with Crippen LogP contribution in [-0.4, -0.2) is 33.5 Å². The van der Waals surface area contributed by atoms with Gasteiger partial charge in [0.1, 0.15) is 11.4 Å². The molecular formula is C17H21N3O3. The van der Waals surface area contributed by atoms with E-state index in [1.807, 2.05) is 12.1 Å². The molecule has 1 aliphatic carbocycles. The van der Waals surface area contributed by atoms with Gasteiger partial charge in [-0.25, -0.2) is 0 Å². The summed E-state index contributed by atoms with van der Waals surface area (Å²) in [5.74, 6) is -1.54. The van der Waals surface area contributed by atoms with Gasteiger partial charge in [0.15, 0.2) is 0 Å². The first kappa shape index (κ1) is 15.6. The fourth-order valence-corrected chi connectivity index (χ4v) is 3.36. The number of hydrogen-bond donors (Lipinski definition) is 0. The molecule has 0 radical (unpaired) electrons. The number of nitrogens with zero attached hydrogens (tertiary/aromatic N) is 3. The third kappa shape index (κ3) is 3.11. The van der Waals surface area contributed by atoms with Gasteiger partial charge in [0, 0.05) is 0 Å². The van der Waals surface area contributed by atoms with Gasteiger partial charge in [0.25, 0.3) is 5.91 Å². The molecule has 1 atom stereocenters. The highest BCUT2D eigenvalue weighted by Gasteiger charge is 2.38. The summed E-state index contributed by atoms with van der Waals surface area (Å²) in [6.07, 6.45) is 5.01. The number of carbonyl (C=O) groups excluding carboxylic acids is 2. The molecule has 1 heterocycles. The molecule has 1 fully saturated rings. The first-order chi connectivity index (χ1) is 11.2. The van der Waals surface area contributed by atoms with E-state index in [0.717, 1.165) is 32.1 Å². The van der Waals surface area contributed by atoms with Gasteiger partial charge in [-0.2, -0.15) is 4.68 Å². The molecule has 122 valence electrons. The Hall–Kier alpha value is -2.24. The minimum absolute atomic E-state index is 0.0262. The molecule has 0 aliphatic heterocycles. The molecule has 0 spiro atoms. The summed E-state index contributed by atoms with van der Waals surface area (Å²) in [7, 11) is 0. The van der Waals surface area contributed by atoms with Gasteiger partial charge in [-0.05, 0) is 37.8 Å². The molecule has 23 heavy (non-hydrogen) atoms. The average Bonchev–Trinajstić information content (AvgIpc) is 3.00. The van der Waals surface area contributed by atoms with E-state index in [-0.39, 0.29) is 18.4 Å². The predicted octanol–water partition coefficient (Wildman–Crippen LogP) is 2.83. The Bertz CT molecular complexity index is 704. The number of esters is 1. The number of fused-ring (bicyclic) bond motifs is 1. The van der Waals surface area contributed by atoms with Crippen molar-refractivity contribution in [2.45, 2.75) is 39.0 Å². The lowest BCUT2D eigenvalue weighted by atomic mass is 9.79. The molecule has 1 aromatic heterocycles. The quantitative estimate of drug-likeness (QED) is 0.640. The predicted molar refractivity (Wildman–Crippen MR) is 84.9 cm³/mol. The lowest BCUT2D eigenvalue weighted by molar-refractivity contribution is -0.148. The van der Waals surface area contributed by atoms with Crippen LogP contribution >= 0.6 is 0 Å². The van der Waals surface area contributed by atoms with Gasteiger partial charge < -0.3 is 4.74 Å². The van der Waals surface area contributed by atoms with Crippen molar-refractivity contribution in [2.24, 2.45) is 11.8 Å². The minimum Gasteiger partial charge on any atom is -0.465 e. The van der Waals surface area contributed by atoms with E-state index in [0.29, 0.717) is 11.0 Å². The zero-order chi connectivity index (χ0) is 16.2. The Kier molecular flexibility index (Phi) is 4.69. The molecule has 1 saturated carbocycles. The van der Waals surface area contributed by atoms with Crippen LogP contribution < -0.4 is 0 Å². The summed E-state index contributed by atoms with van der Waals surface area (Å²) in [6, 6.07) is 7.26. The van der Waals surface area contributed by atoms with Crippen molar-refractivity contribution < 1.29 is 14.3 Å². The summed E-state index contributed by atoms with van der Waals surface area (Å²) in [4.78, 5) is 25.4. The van der Waals surface area contributed by atoms with Gasteiger partial charge in [-0.1, -0.05) is 36.6 Å². The van der Waals surface area contributed by atoms with E-state index < -0.39 is 11.9 Å². The third-order valence-corrected chi connectivity index (χ3v) is 4.49. The van der Waals surface area contributed by atoms with E-state index in [4.69, 9.17) is 4.74 Å². The SMILES string of the molecule is CCOC(=O)C(C(=O)n1nnc2ccccc21)C1CCCCC1. The summed E-state index contributed by atoms with van der Waals surface area (Å²) < 4.78 is 6.42. The van der Waals surface area contributed by atoms with Crippen LogP contribution in [0.5, 0.6) is 0 Å². The van der Waals surface area contributed by atoms with Gasteiger partial charge >= 0.3 is 5.97 Å². The molecule has 1 unspecified atom stereocenters. The molecule has 6 heteroatoms. The molecule has 2 aromatic rings. The number of aromatic nitrogens is 3. The van der Waals surface area contributed by atoms with Crippen LogP contribution in [-0.2, 0) is 9.53 Å². The highest BCUT2D eigenvalue weighted by Crippen LogP contribution is 2.32. The summed E-state index contributed by atoms with van der Waals surface area (Å²) in [6.45, 7) is 2.03. The first-order valence-corrected chi connectivity index (χ1v) is 8.23. The van der Waals surface area contributed by atoms with Gasteiger partial charge in [-0.3, -0.25) is 9.59 Å². The van der Waals surface area contributed by atoms with Crippen LogP contribution in [0.4, 0.5) is 0 Å². The summed E-state index contributed by atoms with van der Waals surface area (Å²) in [5, 5.41) is 7.98. The molecule has 1 aromatic carbocycles. The van der Waals surface area contributed by atoms with Crippen LogP contribution in [0, 0.1) is 11.8 Å². The van der Waals surface area contributed by atoms with Crippen molar-refractivity contribution >= 4 is 22.9 Å². The highest BCUT2D eigenvalue weighted by atomic mass is 16.5. The van der Waals surface area contributed by atoms with Crippen molar-refractivity contribution in [3.8, 4) is 0 Å². The largest absolute Gasteiger partial charge is 0.465 e. The molecule has 0 saturated heterocycles. The third-order valence-electron chi connectivity index (χ3n) is 4.49. The molecule has 0 bridgehead atoms. The van der Waals surface area contributed by atoms with Gasteiger partial charge in [0.2, 0.25) is 0 Å². The number of hydrogen-bond acceptors (Lipinski definition) is 5. The van der Waals surface area contributed by atoms with Crippen molar-refractivity contribution in [3.05, 3.63) is 24.3 Å². The van der Waals surface area contributed by atoms with Crippen LogP contribution in [0.3, 0.4) is 0 Å². The number of carbonyl (C=O) groups is 2. The second kappa shape index (κ2) is 6.89. The standard InChI is InChI=1S/C17H21N3O3/c1-2-23-17(22)15(12-8-4-3-5-9-12)16(21)20-14-11-7-6-10-13(14)18-19-20/h6-7,10-12,15H,2-5,8-9H2,1H3.